The number of nitrogens with one attached hydrogen (secondary N) is 1. The van der Waals surface area contributed by atoms with Gasteiger partial charge in [0, 0.05) is 28.6 Å². The van der Waals surface area contributed by atoms with Gasteiger partial charge in [-0.05, 0) is 29.7 Å². The summed E-state index contributed by atoms with van der Waals surface area (Å²) in [7, 11) is 0. The molecule has 5 aromatic rings. The lowest BCUT2D eigenvalue weighted by Crippen LogP contribution is -2.13. The van der Waals surface area contributed by atoms with Crippen molar-refractivity contribution < 1.29 is 18.6 Å². The highest BCUT2D eigenvalue weighted by Gasteiger charge is 2.17. The molecule has 0 unspecified atom stereocenters. The number of ether oxygens (including phenoxy) is 1. The maximum absolute atomic E-state index is 14.7. The summed E-state index contributed by atoms with van der Waals surface area (Å²) in [5.74, 6) is -0.203. The minimum absolute atomic E-state index is 0.0864. The molecule has 35 heavy (non-hydrogen) atoms. The minimum Gasteiger partial charge on any atom is -0.491 e. The molecule has 0 aliphatic heterocycles. The van der Waals surface area contributed by atoms with Crippen LogP contribution in [0, 0.1) is 11.6 Å². The van der Waals surface area contributed by atoms with Gasteiger partial charge in [0.1, 0.15) is 23.9 Å². The fourth-order valence-electron chi connectivity index (χ4n) is 3.65. The molecule has 2 aromatic carbocycles. The summed E-state index contributed by atoms with van der Waals surface area (Å²) in [6, 6.07) is 11.7. The zero-order chi connectivity index (χ0) is 24.2. The first-order chi connectivity index (χ1) is 17.1. The first-order valence-corrected chi connectivity index (χ1v) is 11.6. The molecule has 3 heterocycles. The minimum atomic E-state index is -0.544. The van der Waals surface area contributed by atoms with E-state index in [9.17, 15) is 8.78 Å². The quantitative estimate of drug-likeness (QED) is 0.314. The third-order valence-corrected chi connectivity index (χ3v) is 6.39. The van der Waals surface area contributed by atoms with Crippen LogP contribution < -0.4 is 10.1 Å². The Balaban J connectivity index is 1.48. The van der Waals surface area contributed by atoms with Gasteiger partial charge in [-0.3, -0.25) is 4.68 Å². The van der Waals surface area contributed by atoms with Gasteiger partial charge in [-0.2, -0.15) is 0 Å². The number of benzene rings is 2. The molecule has 0 saturated heterocycles. The van der Waals surface area contributed by atoms with Crippen LogP contribution in [0.5, 0.6) is 5.75 Å². The van der Waals surface area contributed by atoms with Gasteiger partial charge in [0.15, 0.2) is 5.82 Å². The zero-order valence-corrected chi connectivity index (χ0v) is 19.2. The van der Waals surface area contributed by atoms with Crippen LogP contribution in [-0.4, -0.2) is 49.8 Å². The maximum atomic E-state index is 14.7. The van der Waals surface area contributed by atoms with E-state index in [1.165, 1.54) is 29.5 Å². The Morgan fingerprint density at radius 3 is 2.86 bits per heavy atom. The van der Waals surface area contributed by atoms with Crippen molar-refractivity contribution in [2.75, 3.05) is 25.1 Å². The van der Waals surface area contributed by atoms with E-state index in [1.54, 1.807) is 17.1 Å². The number of aromatic nitrogens is 5. The molecule has 178 valence electrons. The Labute approximate surface area is 202 Å². The summed E-state index contributed by atoms with van der Waals surface area (Å²) in [4.78, 5) is 9.03. The highest BCUT2D eigenvalue weighted by molar-refractivity contribution is 7.22. The molecule has 2 N–H and O–H groups in total. The molecule has 0 saturated carbocycles. The summed E-state index contributed by atoms with van der Waals surface area (Å²) >= 11 is 1.35. The predicted octanol–water partition coefficient (Wildman–Crippen LogP) is 4.38. The van der Waals surface area contributed by atoms with Crippen LogP contribution in [-0.2, 0) is 6.54 Å². The molecule has 0 fully saturated rings. The van der Waals surface area contributed by atoms with Gasteiger partial charge in [-0.25, -0.2) is 18.7 Å². The number of hydrogen-bond donors (Lipinski definition) is 2. The summed E-state index contributed by atoms with van der Waals surface area (Å²) in [6.45, 7) is 0.966. The van der Waals surface area contributed by atoms with Crippen LogP contribution in [0.2, 0.25) is 0 Å². The summed E-state index contributed by atoms with van der Waals surface area (Å²) in [5.41, 5.74) is 1.47. The van der Waals surface area contributed by atoms with Gasteiger partial charge in [-0.1, -0.05) is 23.4 Å². The van der Waals surface area contributed by atoms with Crippen LogP contribution >= 0.6 is 11.3 Å². The first-order valence-electron chi connectivity index (χ1n) is 10.8. The second kappa shape index (κ2) is 10.1. The van der Waals surface area contributed by atoms with Gasteiger partial charge < -0.3 is 15.2 Å². The van der Waals surface area contributed by atoms with Crippen LogP contribution in [0.3, 0.4) is 0 Å². The van der Waals surface area contributed by atoms with Crippen LogP contribution in [0.25, 0.3) is 31.8 Å². The number of nitrogens with zero attached hydrogens (tertiary/aromatic N) is 5. The number of fused-ring (bicyclic) bond motifs is 1. The third kappa shape index (κ3) is 4.96. The highest BCUT2D eigenvalue weighted by atomic mass is 32.1. The topological polar surface area (TPSA) is 98.0 Å². The zero-order valence-electron chi connectivity index (χ0n) is 18.4. The highest BCUT2D eigenvalue weighted by Crippen LogP contribution is 2.42. The average Bonchev–Trinajstić information content (AvgIpc) is 3.54. The van der Waals surface area contributed by atoms with Crippen LogP contribution in [0.1, 0.15) is 0 Å². The van der Waals surface area contributed by atoms with E-state index in [-0.39, 0.29) is 18.9 Å². The molecule has 0 amide bonds. The summed E-state index contributed by atoms with van der Waals surface area (Å²) in [5, 5.41) is 20.7. The van der Waals surface area contributed by atoms with Crippen LogP contribution in [0.15, 0.2) is 61.1 Å². The Hall–Kier alpha value is -3.96. The molecule has 8 nitrogen and oxygen atoms in total. The molecule has 5 rings (SSSR count). The van der Waals surface area contributed by atoms with Crippen LogP contribution in [0.4, 0.5) is 14.7 Å². The van der Waals surface area contributed by atoms with E-state index in [4.69, 9.17) is 9.84 Å². The fourth-order valence-corrected chi connectivity index (χ4v) is 4.82. The van der Waals surface area contributed by atoms with E-state index in [0.717, 1.165) is 21.8 Å². The van der Waals surface area contributed by atoms with Gasteiger partial charge >= 0.3 is 0 Å². The monoisotopic (exact) mass is 494 g/mol. The standard InChI is InChI=1S/C24H20F2N6O2S/c25-16-4-5-20(34-11-10-33)18(13-16)17-3-1-2-15-12-21(35-23(15)17)22-19(26)14-28-24(30-22)27-6-8-32-9-7-29-31-32/h1-5,7,9,12-14,33H,6,8,10-11H2,(H,27,28,30). The van der Waals surface area contributed by atoms with Crippen molar-refractivity contribution in [3.63, 3.8) is 0 Å². The van der Waals surface area contributed by atoms with E-state index >= 15 is 0 Å². The molecule has 0 aliphatic rings. The Bertz CT molecular complexity index is 1460. The lowest BCUT2D eigenvalue weighted by Gasteiger charge is -2.12. The van der Waals surface area contributed by atoms with E-state index in [2.05, 4.69) is 25.6 Å². The molecular formula is C24H20F2N6O2S. The number of halogens is 2. The lowest BCUT2D eigenvalue weighted by molar-refractivity contribution is 0.202. The molecule has 0 bridgehead atoms. The molecule has 0 aliphatic carbocycles. The lowest BCUT2D eigenvalue weighted by atomic mass is 10.0. The summed E-state index contributed by atoms with van der Waals surface area (Å²) < 4.78 is 37.0. The van der Waals surface area contributed by atoms with Gasteiger partial charge in [0.05, 0.1) is 30.4 Å². The number of rotatable bonds is 9. The number of anilines is 1. The molecule has 3 aromatic heterocycles. The van der Waals surface area contributed by atoms with Gasteiger partial charge in [-0.15, -0.1) is 16.4 Å². The van der Waals surface area contributed by atoms with Crippen molar-refractivity contribution in [2.45, 2.75) is 6.54 Å². The molecule has 0 radical (unpaired) electrons. The Morgan fingerprint density at radius 1 is 1.11 bits per heavy atom. The van der Waals surface area contributed by atoms with E-state index in [0.29, 0.717) is 35.2 Å². The van der Waals surface area contributed by atoms with Gasteiger partial charge in [0.2, 0.25) is 5.95 Å². The van der Waals surface area contributed by atoms with Gasteiger partial charge in [0.25, 0.3) is 0 Å². The fraction of sp³-hybridized carbons (Fsp3) is 0.167. The Kier molecular flexibility index (Phi) is 6.59. The van der Waals surface area contributed by atoms with Crippen molar-refractivity contribution in [3.8, 4) is 27.4 Å². The van der Waals surface area contributed by atoms with Crippen molar-refractivity contribution in [1.29, 1.82) is 0 Å². The number of aliphatic hydroxyl groups is 1. The van der Waals surface area contributed by atoms with Crippen molar-refractivity contribution in [1.82, 2.24) is 25.0 Å². The normalized spacial score (nSPS) is 11.2. The summed E-state index contributed by atoms with van der Waals surface area (Å²) in [6.07, 6.45) is 4.47. The van der Waals surface area contributed by atoms with Crippen molar-refractivity contribution >= 4 is 27.4 Å². The predicted molar refractivity (Wildman–Crippen MR) is 129 cm³/mol. The second-order valence-electron chi connectivity index (χ2n) is 7.53. The van der Waals surface area contributed by atoms with E-state index in [1.807, 2.05) is 24.3 Å². The molecule has 0 atom stereocenters. The second-order valence-corrected chi connectivity index (χ2v) is 8.58. The van der Waals surface area contributed by atoms with E-state index < -0.39 is 11.6 Å². The molecule has 11 heteroatoms. The van der Waals surface area contributed by atoms with Crippen molar-refractivity contribution in [2.24, 2.45) is 0 Å². The largest absolute Gasteiger partial charge is 0.491 e. The smallest absolute Gasteiger partial charge is 0.223 e. The first kappa shape index (κ1) is 22.8. The SMILES string of the molecule is OCCOc1ccc(F)cc1-c1cccc2cc(-c3nc(NCCn4ccnn4)ncc3F)sc12. The maximum Gasteiger partial charge on any atom is 0.223 e. The Morgan fingerprint density at radius 2 is 2.03 bits per heavy atom. The number of aliphatic hydroxyl groups excluding tert-OH is 1. The third-order valence-electron chi connectivity index (χ3n) is 5.20. The number of thiophene rings is 1. The average molecular weight is 495 g/mol. The molecular weight excluding hydrogens is 474 g/mol. The molecule has 0 spiro atoms. The number of hydrogen-bond acceptors (Lipinski definition) is 8. The van der Waals surface area contributed by atoms with Crippen molar-refractivity contribution in [3.05, 3.63) is 72.7 Å².